The summed E-state index contributed by atoms with van der Waals surface area (Å²) in [4.78, 5) is 25.1. The smallest absolute Gasteiger partial charge is 0.239 e. The summed E-state index contributed by atoms with van der Waals surface area (Å²) in [5.41, 5.74) is 0.169. The van der Waals surface area contributed by atoms with Crippen molar-refractivity contribution in [3.63, 3.8) is 0 Å². The fourth-order valence-corrected chi connectivity index (χ4v) is 2.15. The van der Waals surface area contributed by atoms with E-state index < -0.39 is 17.2 Å². The molecule has 0 aliphatic carbocycles. The Labute approximate surface area is 152 Å². The van der Waals surface area contributed by atoms with Crippen LogP contribution >= 0.6 is 0 Å². The van der Waals surface area contributed by atoms with Crippen molar-refractivity contribution in [2.45, 2.75) is 20.8 Å². The molecule has 2 rings (SSSR count). The Balaban J connectivity index is 2.05. The van der Waals surface area contributed by atoms with Gasteiger partial charge in [-0.2, -0.15) is 5.26 Å². The van der Waals surface area contributed by atoms with Gasteiger partial charge in [0.05, 0.1) is 18.2 Å². The van der Waals surface area contributed by atoms with E-state index in [2.05, 4.69) is 10.6 Å². The summed E-state index contributed by atoms with van der Waals surface area (Å²) in [7, 11) is 0. The van der Waals surface area contributed by atoms with E-state index in [0.717, 1.165) is 0 Å². The van der Waals surface area contributed by atoms with Crippen LogP contribution in [0, 0.1) is 16.7 Å². The highest BCUT2D eigenvalue weighted by Gasteiger charge is 2.36. The molecule has 2 aromatic rings. The van der Waals surface area contributed by atoms with Crippen LogP contribution in [0.3, 0.4) is 0 Å². The van der Waals surface area contributed by atoms with E-state index >= 15 is 0 Å². The Morgan fingerprint density at radius 1 is 1.04 bits per heavy atom. The highest BCUT2D eigenvalue weighted by atomic mass is 16.5. The Hall–Kier alpha value is -3.33. The molecule has 0 atom stereocenters. The monoisotopic (exact) mass is 351 g/mol. The van der Waals surface area contributed by atoms with E-state index in [4.69, 9.17) is 10.00 Å². The highest BCUT2D eigenvalue weighted by molar-refractivity contribution is 6.14. The molecule has 0 unspecified atom stereocenters. The maximum absolute atomic E-state index is 12.5. The fraction of sp³-hybridized carbons (Fsp3) is 0.250. The van der Waals surface area contributed by atoms with Gasteiger partial charge in [-0.3, -0.25) is 9.59 Å². The van der Waals surface area contributed by atoms with Crippen molar-refractivity contribution in [1.29, 1.82) is 5.26 Å². The van der Waals surface area contributed by atoms with E-state index in [-0.39, 0.29) is 0 Å². The molecule has 2 amide bonds. The van der Waals surface area contributed by atoms with Gasteiger partial charge in [-0.15, -0.1) is 0 Å². The second kappa shape index (κ2) is 8.17. The predicted molar refractivity (Wildman–Crippen MR) is 99.8 cm³/mol. The van der Waals surface area contributed by atoms with Gasteiger partial charge < -0.3 is 15.4 Å². The minimum atomic E-state index is -1.30. The first-order chi connectivity index (χ1) is 12.4. The van der Waals surface area contributed by atoms with Crippen molar-refractivity contribution in [1.82, 2.24) is 0 Å². The first kappa shape index (κ1) is 19.0. The third-order valence-electron chi connectivity index (χ3n) is 3.81. The van der Waals surface area contributed by atoms with Crippen LogP contribution in [0.1, 0.15) is 26.3 Å². The number of hydrogen-bond acceptors (Lipinski definition) is 4. The summed E-state index contributed by atoms with van der Waals surface area (Å²) >= 11 is 0. The Morgan fingerprint density at radius 2 is 1.65 bits per heavy atom. The molecule has 2 aromatic carbocycles. The Kier molecular flexibility index (Phi) is 5.97. The number of rotatable bonds is 6. The number of carbonyl (C=O) groups excluding carboxylic acids is 2. The van der Waals surface area contributed by atoms with E-state index in [1.165, 1.54) is 0 Å². The van der Waals surface area contributed by atoms with E-state index in [9.17, 15) is 9.59 Å². The summed E-state index contributed by atoms with van der Waals surface area (Å²) in [5.74, 6) is -0.188. The van der Waals surface area contributed by atoms with Gasteiger partial charge in [-0.1, -0.05) is 6.07 Å². The zero-order chi connectivity index (χ0) is 19.2. The van der Waals surface area contributed by atoms with Gasteiger partial charge in [-0.25, -0.2) is 0 Å². The maximum Gasteiger partial charge on any atom is 0.239 e. The second-order valence-electron chi connectivity index (χ2n) is 6.18. The van der Waals surface area contributed by atoms with Crippen LogP contribution in [0.15, 0.2) is 48.5 Å². The second-order valence-corrected chi connectivity index (χ2v) is 6.18. The summed E-state index contributed by atoms with van der Waals surface area (Å²) in [6.07, 6.45) is 0. The minimum Gasteiger partial charge on any atom is -0.494 e. The molecular weight excluding hydrogens is 330 g/mol. The number of carbonyl (C=O) groups is 2. The molecule has 0 aromatic heterocycles. The SMILES string of the molecule is CCOc1ccc(NC(=O)C(C)(C)C(=O)Nc2cccc(C#N)c2)cc1. The number of nitrogens with one attached hydrogen (secondary N) is 2. The molecule has 0 fully saturated rings. The molecule has 0 saturated carbocycles. The predicted octanol–water partition coefficient (Wildman–Crippen LogP) is 3.56. The van der Waals surface area contributed by atoms with E-state index in [1.807, 2.05) is 13.0 Å². The van der Waals surface area contributed by atoms with Crippen molar-refractivity contribution < 1.29 is 14.3 Å². The third-order valence-corrected chi connectivity index (χ3v) is 3.81. The van der Waals surface area contributed by atoms with E-state index in [0.29, 0.717) is 29.3 Å². The third kappa shape index (κ3) is 4.61. The Bertz CT molecular complexity index is 836. The van der Waals surface area contributed by atoms with Gasteiger partial charge in [-0.05, 0) is 63.2 Å². The van der Waals surface area contributed by atoms with Gasteiger partial charge >= 0.3 is 0 Å². The fourth-order valence-electron chi connectivity index (χ4n) is 2.15. The molecule has 0 aliphatic rings. The van der Waals surface area contributed by atoms with Crippen molar-refractivity contribution in [2.24, 2.45) is 5.41 Å². The van der Waals surface area contributed by atoms with Crippen LogP contribution in [0.2, 0.25) is 0 Å². The molecule has 0 aliphatic heterocycles. The molecule has 0 saturated heterocycles. The first-order valence-electron chi connectivity index (χ1n) is 8.22. The van der Waals surface area contributed by atoms with Gasteiger partial charge in [0.25, 0.3) is 0 Å². The molecule has 26 heavy (non-hydrogen) atoms. The summed E-state index contributed by atoms with van der Waals surface area (Å²) < 4.78 is 5.36. The molecule has 6 nitrogen and oxygen atoms in total. The van der Waals surface area contributed by atoms with Crippen molar-refractivity contribution in [3.8, 4) is 11.8 Å². The lowest BCUT2D eigenvalue weighted by Gasteiger charge is -2.23. The Morgan fingerprint density at radius 3 is 2.23 bits per heavy atom. The number of nitrogens with zero attached hydrogens (tertiary/aromatic N) is 1. The number of hydrogen-bond donors (Lipinski definition) is 2. The lowest BCUT2D eigenvalue weighted by Crippen LogP contribution is -2.41. The van der Waals surface area contributed by atoms with Crippen LogP contribution in [0.4, 0.5) is 11.4 Å². The molecule has 134 valence electrons. The number of benzene rings is 2. The van der Waals surface area contributed by atoms with Crippen molar-refractivity contribution in [2.75, 3.05) is 17.2 Å². The largest absolute Gasteiger partial charge is 0.494 e. The topological polar surface area (TPSA) is 91.2 Å². The quantitative estimate of drug-likeness (QED) is 0.779. The number of nitriles is 1. The highest BCUT2D eigenvalue weighted by Crippen LogP contribution is 2.23. The average molecular weight is 351 g/mol. The zero-order valence-electron chi connectivity index (χ0n) is 15.0. The zero-order valence-corrected chi connectivity index (χ0v) is 15.0. The standard InChI is InChI=1S/C20H21N3O3/c1-4-26-17-10-8-15(9-11-17)22-18(24)20(2,3)19(25)23-16-7-5-6-14(12-16)13-21/h5-12H,4H2,1-3H3,(H,22,24)(H,23,25). The summed E-state index contributed by atoms with van der Waals surface area (Å²) in [6, 6.07) is 15.5. The van der Waals surface area contributed by atoms with Gasteiger partial charge in [0.1, 0.15) is 11.2 Å². The molecule has 0 heterocycles. The molecule has 0 bridgehead atoms. The van der Waals surface area contributed by atoms with Crippen molar-refractivity contribution >= 4 is 23.2 Å². The van der Waals surface area contributed by atoms with E-state index in [1.54, 1.807) is 62.4 Å². The molecule has 0 radical (unpaired) electrons. The van der Waals surface area contributed by atoms with Gasteiger partial charge in [0, 0.05) is 11.4 Å². The van der Waals surface area contributed by atoms with Gasteiger partial charge in [0.2, 0.25) is 11.8 Å². The average Bonchev–Trinajstić information content (AvgIpc) is 2.63. The summed E-state index contributed by atoms with van der Waals surface area (Å²) in [6.45, 7) is 5.54. The minimum absolute atomic E-state index is 0.430. The summed E-state index contributed by atoms with van der Waals surface area (Å²) in [5, 5.41) is 14.3. The number of amides is 2. The molecular formula is C20H21N3O3. The molecule has 0 spiro atoms. The number of anilines is 2. The van der Waals surface area contributed by atoms with Crippen LogP contribution in [0.25, 0.3) is 0 Å². The normalized spacial score (nSPS) is 10.5. The van der Waals surface area contributed by atoms with Crippen LogP contribution in [-0.2, 0) is 9.59 Å². The first-order valence-corrected chi connectivity index (χ1v) is 8.22. The van der Waals surface area contributed by atoms with Crippen LogP contribution < -0.4 is 15.4 Å². The molecule has 6 heteroatoms. The molecule has 2 N–H and O–H groups in total. The lowest BCUT2D eigenvalue weighted by molar-refractivity contribution is -0.135. The lowest BCUT2D eigenvalue weighted by atomic mass is 9.90. The van der Waals surface area contributed by atoms with Crippen LogP contribution in [-0.4, -0.2) is 18.4 Å². The van der Waals surface area contributed by atoms with Crippen LogP contribution in [0.5, 0.6) is 5.75 Å². The van der Waals surface area contributed by atoms with Crippen molar-refractivity contribution in [3.05, 3.63) is 54.1 Å². The van der Waals surface area contributed by atoms with Gasteiger partial charge in [0.15, 0.2) is 0 Å². The maximum atomic E-state index is 12.5. The number of ether oxygens (including phenoxy) is 1.